The fourth-order valence-electron chi connectivity index (χ4n) is 0.701. The minimum absolute atomic E-state index is 0.458. The lowest BCUT2D eigenvalue weighted by Crippen LogP contribution is -1.71. The van der Waals surface area contributed by atoms with Gasteiger partial charge in [0.2, 0.25) is 0 Å². The van der Waals surface area contributed by atoms with Gasteiger partial charge in [0, 0.05) is 16.0 Å². The molecule has 0 heterocycles. The molecule has 40 valence electrons. The lowest BCUT2D eigenvalue weighted by molar-refractivity contribution is 0.851. The van der Waals surface area contributed by atoms with Crippen LogP contribution in [0.15, 0.2) is 0 Å². The van der Waals surface area contributed by atoms with Gasteiger partial charge in [-0.05, 0) is 6.42 Å². The van der Waals surface area contributed by atoms with Gasteiger partial charge in [0.1, 0.15) is 0 Å². The highest BCUT2D eigenvalue weighted by Gasteiger charge is 2.39. The average Bonchev–Trinajstić information content (AvgIpc) is 2.17. The molecule has 1 aliphatic carbocycles. The maximum Gasteiger partial charge on any atom is 0.0407 e. The first-order valence-corrected chi connectivity index (χ1v) is 3.41. The van der Waals surface area contributed by atoms with Crippen molar-refractivity contribution in [2.24, 2.45) is 5.92 Å². The Labute approximate surface area is 54.7 Å². The average molecular weight is 132 g/mol. The molecule has 0 bridgehead atoms. The number of rotatable bonds is 1. The fourth-order valence-corrected chi connectivity index (χ4v) is 1.68. The molecule has 2 unspecified atom stereocenters. The topological polar surface area (TPSA) is 0 Å². The lowest BCUT2D eigenvalue weighted by atomic mass is 10.3. The van der Waals surface area contributed by atoms with Crippen LogP contribution in [-0.2, 0) is 0 Å². The van der Waals surface area contributed by atoms with Gasteiger partial charge in [-0.1, -0.05) is 19.1 Å². The molecule has 2 atom stereocenters. The first-order valence-electron chi connectivity index (χ1n) is 2.49. The van der Waals surface area contributed by atoms with E-state index in [2.05, 4.69) is 19.6 Å². The molecule has 2 heteroatoms. The summed E-state index contributed by atoms with van der Waals surface area (Å²) in [7, 11) is 0. The van der Waals surface area contributed by atoms with Gasteiger partial charge in [0.15, 0.2) is 0 Å². The Bertz CT molecular complexity index is 98.3. The summed E-state index contributed by atoms with van der Waals surface area (Å²) in [5.74, 6) is 0.665. The van der Waals surface area contributed by atoms with E-state index in [4.69, 9.17) is 12.2 Å². The van der Waals surface area contributed by atoms with Crippen molar-refractivity contribution >= 4 is 29.7 Å². The van der Waals surface area contributed by atoms with Crippen molar-refractivity contribution in [1.29, 1.82) is 0 Å². The Morgan fingerprint density at radius 3 is 2.29 bits per heavy atom. The van der Waals surface area contributed by atoms with Crippen LogP contribution in [0, 0.1) is 5.92 Å². The summed E-state index contributed by atoms with van der Waals surface area (Å²) in [5, 5.41) is 0.458. The maximum atomic E-state index is 4.92. The van der Waals surface area contributed by atoms with E-state index in [0.717, 1.165) is 4.86 Å². The third-order valence-electron chi connectivity index (χ3n) is 1.37. The SMILES string of the molecule is CCC1C(=S)C1S. The van der Waals surface area contributed by atoms with Gasteiger partial charge in [-0.15, -0.1) is 0 Å². The molecule has 1 aliphatic rings. The van der Waals surface area contributed by atoms with E-state index in [1.807, 2.05) is 0 Å². The quantitative estimate of drug-likeness (QED) is 0.418. The highest BCUT2D eigenvalue weighted by Crippen LogP contribution is 2.35. The molecule has 0 aromatic heterocycles. The maximum absolute atomic E-state index is 4.92. The van der Waals surface area contributed by atoms with Crippen molar-refractivity contribution in [3.05, 3.63) is 0 Å². The molecule has 1 rings (SSSR count). The van der Waals surface area contributed by atoms with E-state index in [-0.39, 0.29) is 0 Å². The zero-order valence-corrected chi connectivity index (χ0v) is 5.93. The van der Waals surface area contributed by atoms with E-state index in [1.165, 1.54) is 6.42 Å². The van der Waals surface area contributed by atoms with Crippen LogP contribution in [0.4, 0.5) is 0 Å². The molecule has 0 nitrogen and oxygen atoms in total. The van der Waals surface area contributed by atoms with Crippen molar-refractivity contribution in [3.63, 3.8) is 0 Å². The smallest absolute Gasteiger partial charge is 0.0407 e. The minimum atomic E-state index is 0.458. The number of thiol groups is 1. The minimum Gasteiger partial charge on any atom is -0.170 e. The Morgan fingerprint density at radius 1 is 1.86 bits per heavy atom. The van der Waals surface area contributed by atoms with E-state index in [1.54, 1.807) is 0 Å². The van der Waals surface area contributed by atoms with Crippen molar-refractivity contribution in [2.75, 3.05) is 0 Å². The van der Waals surface area contributed by atoms with Gasteiger partial charge in [-0.2, -0.15) is 12.6 Å². The van der Waals surface area contributed by atoms with Gasteiger partial charge < -0.3 is 0 Å². The predicted octanol–water partition coefficient (Wildman–Crippen LogP) is 1.69. The molecular formula is C5H8S2. The zero-order chi connectivity index (χ0) is 5.44. The van der Waals surface area contributed by atoms with Gasteiger partial charge >= 0.3 is 0 Å². The second-order valence-electron chi connectivity index (χ2n) is 1.86. The molecule has 7 heavy (non-hydrogen) atoms. The molecular weight excluding hydrogens is 124 g/mol. The second-order valence-corrected chi connectivity index (χ2v) is 2.89. The van der Waals surface area contributed by atoms with Gasteiger partial charge in [0.25, 0.3) is 0 Å². The number of thiocarbonyl (C=S) groups is 1. The zero-order valence-electron chi connectivity index (χ0n) is 4.22. The molecule has 1 saturated carbocycles. The number of hydrogen-bond donors (Lipinski definition) is 1. The Hall–Kier alpha value is 0.440. The van der Waals surface area contributed by atoms with Crippen LogP contribution in [0.5, 0.6) is 0 Å². The third-order valence-corrected chi connectivity index (χ3v) is 2.74. The standard InChI is InChI=1S/C5H8S2/c1-2-3-4(6)5(3)7/h3-4,6H,2H2,1H3. The van der Waals surface area contributed by atoms with Crippen molar-refractivity contribution in [1.82, 2.24) is 0 Å². The molecule has 0 N–H and O–H groups in total. The monoisotopic (exact) mass is 132 g/mol. The molecule has 0 amide bonds. The van der Waals surface area contributed by atoms with E-state index in [9.17, 15) is 0 Å². The summed E-state index contributed by atoms with van der Waals surface area (Å²) in [6.07, 6.45) is 1.17. The molecule has 0 aliphatic heterocycles. The fraction of sp³-hybridized carbons (Fsp3) is 0.800. The van der Waals surface area contributed by atoms with Crippen molar-refractivity contribution in [3.8, 4) is 0 Å². The molecule has 0 spiro atoms. The second kappa shape index (κ2) is 1.75. The van der Waals surface area contributed by atoms with Crippen molar-refractivity contribution < 1.29 is 0 Å². The molecule has 0 aromatic rings. The summed E-state index contributed by atoms with van der Waals surface area (Å²) in [6, 6.07) is 0. The van der Waals surface area contributed by atoms with Crippen molar-refractivity contribution in [2.45, 2.75) is 18.6 Å². The van der Waals surface area contributed by atoms with Crippen LogP contribution in [0.2, 0.25) is 0 Å². The van der Waals surface area contributed by atoms with Crippen LogP contribution in [0.3, 0.4) is 0 Å². The first kappa shape index (κ1) is 5.57. The predicted molar refractivity (Wildman–Crippen MR) is 39.2 cm³/mol. The molecule has 0 saturated heterocycles. The van der Waals surface area contributed by atoms with E-state index < -0.39 is 0 Å². The molecule has 0 aromatic carbocycles. The summed E-state index contributed by atoms with van der Waals surface area (Å²) in [6.45, 7) is 2.15. The van der Waals surface area contributed by atoms with Gasteiger partial charge in [0.05, 0.1) is 0 Å². The normalized spacial score (nSPS) is 38.9. The lowest BCUT2D eigenvalue weighted by Gasteiger charge is -1.76. The Kier molecular flexibility index (Phi) is 1.39. The Morgan fingerprint density at radius 2 is 2.29 bits per heavy atom. The van der Waals surface area contributed by atoms with Crippen LogP contribution in [0.1, 0.15) is 13.3 Å². The number of hydrogen-bond acceptors (Lipinski definition) is 2. The summed E-state index contributed by atoms with van der Waals surface area (Å²) in [4.78, 5) is 1.16. The summed E-state index contributed by atoms with van der Waals surface area (Å²) in [5.41, 5.74) is 0. The van der Waals surface area contributed by atoms with E-state index >= 15 is 0 Å². The summed E-state index contributed by atoms with van der Waals surface area (Å²) >= 11 is 9.12. The molecule has 1 fully saturated rings. The third kappa shape index (κ3) is 0.820. The van der Waals surface area contributed by atoms with E-state index in [0.29, 0.717) is 11.2 Å². The highest BCUT2D eigenvalue weighted by atomic mass is 32.1. The molecule has 0 radical (unpaired) electrons. The Balaban J connectivity index is 2.38. The van der Waals surface area contributed by atoms with Crippen LogP contribution < -0.4 is 0 Å². The van der Waals surface area contributed by atoms with Crippen LogP contribution >= 0.6 is 24.8 Å². The first-order chi connectivity index (χ1) is 3.27. The van der Waals surface area contributed by atoms with Crippen LogP contribution in [0.25, 0.3) is 0 Å². The van der Waals surface area contributed by atoms with Gasteiger partial charge in [-0.3, -0.25) is 0 Å². The van der Waals surface area contributed by atoms with Gasteiger partial charge in [-0.25, -0.2) is 0 Å². The van der Waals surface area contributed by atoms with Crippen LogP contribution in [-0.4, -0.2) is 10.1 Å². The summed E-state index contributed by atoms with van der Waals surface area (Å²) < 4.78 is 0. The largest absolute Gasteiger partial charge is 0.170 e. The highest BCUT2D eigenvalue weighted by molar-refractivity contribution is 7.88.